The number of nitrogens with zero attached hydrogens (tertiary/aromatic N) is 3. The maximum Gasteiger partial charge on any atom is 0.274 e. The molecular formula is C12H20N4O. The summed E-state index contributed by atoms with van der Waals surface area (Å²) in [6.07, 6.45) is 3.53. The summed E-state index contributed by atoms with van der Waals surface area (Å²) in [5, 5.41) is 3.41. The highest BCUT2D eigenvalue weighted by molar-refractivity contribution is 5.92. The minimum atomic E-state index is 0.0393. The smallest absolute Gasteiger partial charge is 0.274 e. The lowest BCUT2D eigenvalue weighted by Gasteiger charge is -2.35. The standard InChI is InChI=1S/C12H20N4O/c1-4-15-7-11(13-8-15)12(17)16-5-9(2)14-10(3)6-16/h7-10,14H,4-6H2,1-3H3. The molecule has 2 unspecified atom stereocenters. The Bertz CT molecular complexity index is 391. The van der Waals surface area contributed by atoms with Gasteiger partial charge in [0.1, 0.15) is 5.69 Å². The van der Waals surface area contributed by atoms with E-state index in [-0.39, 0.29) is 5.91 Å². The van der Waals surface area contributed by atoms with E-state index < -0.39 is 0 Å². The van der Waals surface area contributed by atoms with E-state index in [9.17, 15) is 4.79 Å². The maximum atomic E-state index is 12.2. The van der Waals surface area contributed by atoms with Crippen LogP contribution >= 0.6 is 0 Å². The monoisotopic (exact) mass is 236 g/mol. The average Bonchev–Trinajstić information content (AvgIpc) is 2.75. The van der Waals surface area contributed by atoms with Gasteiger partial charge in [0.25, 0.3) is 5.91 Å². The predicted octanol–water partition coefficient (Wildman–Crippen LogP) is 0.725. The Morgan fingerprint density at radius 2 is 2.12 bits per heavy atom. The van der Waals surface area contributed by atoms with Gasteiger partial charge in [0.05, 0.1) is 6.33 Å². The Balaban J connectivity index is 2.08. The molecule has 17 heavy (non-hydrogen) atoms. The molecule has 94 valence electrons. The molecule has 2 atom stereocenters. The van der Waals surface area contributed by atoms with Crippen LogP contribution in [0, 0.1) is 0 Å². The fraction of sp³-hybridized carbons (Fsp3) is 0.667. The first-order valence-corrected chi connectivity index (χ1v) is 6.17. The zero-order valence-electron chi connectivity index (χ0n) is 10.7. The Hall–Kier alpha value is -1.36. The predicted molar refractivity (Wildman–Crippen MR) is 65.9 cm³/mol. The Labute approximate surface area is 102 Å². The number of hydrogen-bond acceptors (Lipinski definition) is 3. The van der Waals surface area contributed by atoms with Crippen LogP contribution in [0.5, 0.6) is 0 Å². The molecule has 1 aliphatic rings. The van der Waals surface area contributed by atoms with E-state index in [2.05, 4.69) is 24.1 Å². The van der Waals surface area contributed by atoms with Gasteiger partial charge in [-0.25, -0.2) is 4.98 Å². The van der Waals surface area contributed by atoms with E-state index >= 15 is 0 Å². The molecule has 5 nitrogen and oxygen atoms in total. The van der Waals surface area contributed by atoms with Crippen molar-refractivity contribution in [2.45, 2.75) is 39.4 Å². The van der Waals surface area contributed by atoms with Crippen molar-refractivity contribution in [2.75, 3.05) is 13.1 Å². The molecule has 1 fully saturated rings. The topological polar surface area (TPSA) is 50.2 Å². The molecular weight excluding hydrogens is 216 g/mol. The van der Waals surface area contributed by atoms with Gasteiger partial charge in [-0.2, -0.15) is 0 Å². The summed E-state index contributed by atoms with van der Waals surface area (Å²) >= 11 is 0. The van der Waals surface area contributed by atoms with Crippen LogP contribution in [0.2, 0.25) is 0 Å². The summed E-state index contributed by atoms with van der Waals surface area (Å²) in [5.41, 5.74) is 0.549. The summed E-state index contributed by atoms with van der Waals surface area (Å²) in [6.45, 7) is 8.57. The molecule has 1 aromatic heterocycles. The molecule has 0 spiro atoms. The molecule has 2 rings (SSSR count). The van der Waals surface area contributed by atoms with Gasteiger partial charge in [0, 0.05) is 37.9 Å². The first-order valence-electron chi connectivity index (χ1n) is 6.17. The van der Waals surface area contributed by atoms with E-state index in [0.717, 1.165) is 19.6 Å². The lowest BCUT2D eigenvalue weighted by atomic mass is 10.1. The number of carbonyl (C=O) groups excluding carboxylic acids is 1. The second kappa shape index (κ2) is 4.87. The van der Waals surface area contributed by atoms with Crippen LogP contribution in [-0.2, 0) is 6.54 Å². The Morgan fingerprint density at radius 1 is 1.47 bits per heavy atom. The molecule has 0 radical (unpaired) electrons. The van der Waals surface area contributed by atoms with Gasteiger partial charge in [-0.15, -0.1) is 0 Å². The maximum absolute atomic E-state index is 12.2. The SMILES string of the molecule is CCn1cnc(C(=O)N2CC(C)NC(C)C2)c1. The van der Waals surface area contributed by atoms with Gasteiger partial charge in [0.2, 0.25) is 0 Å². The third-order valence-electron chi connectivity index (χ3n) is 3.06. The number of aromatic nitrogens is 2. The Kier molecular flexibility index (Phi) is 3.47. The number of amides is 1. The van der Waals surface area contributed by atoms with Crippen molar-refractivity contribution in [1.82, 2.24) is 19.8 Å². The summed E-state index contributed by atoms with van der Waals surface area (Å²) in [7, 11) is 0. The summed E-state index contributed by atoms with van der Waals surface area (Å²) in [4.78, 5) is 18.3. The van der Waals surface area contributed by atoms with Crippen LogP contribution in [-0.4, -0.2) is 45.5 Å². The van der Waals surface area contributed by atoms with E-state index in [1.54, 1.807) is 6.33 Å². The van der Waals surface area contributed by atoms with Gasteiger partial charge < -0.3 is 14.8 Å². The summed E-state index contributed by atoms with van der Waals surface area (Å²) in [5.74, 6) is 0.0393. The van der Waals surface area contributed by atoms with Crippen LogP contribution in [0.25, 0.3) is 0 Å². The Morgan fingerprint density at radius 3 is 2.65 bits per heavy atom. The quantitative estimate of drug-likeness (QED) is 0.823. The summed E-state index contributed by atoms with van der Waals surface area (Å²) in [6, 6.07) is 0.687. The zero-order valence-corrected chi connectivity index (χ0v) is 10.7. The number of aryl methyl sites for hydroxylation is 1. The number of imidazole rings is 1. The van der Waals surface area contributed by atoms with Crippen molar-refractivity contribution in [1.29, 1.82) is 0 Å². The molecule has 0 aromatic carbocycles. The third-order valence-corrected chi connectivity index (χ3v) is 3.06. The normalized spacial score (nSPS) is 25.0. The minimum absolute atomic E-state index is 0.0393. The second-order valence-electron chi connectivity index (χ2n) is 4.77. The van der Waals surface area contributed by atoms with Crippen molar-refractivity contribution in [2.24, 2.45) is 0 Å². The van der Waals surface area contributed by atoms with Crippen molar-refractivity contribution in [3.8, 4) is 0 Å². The fourth-order valence-corrected chi connectivity index (χ4v) is 2.30. The minimum Gasteiger partial charge on any atom is -0.337 e. The highest BCUT2D eigenvalue weighted by atomic mass is 16.2. The number of carbonyl (C=O) groups is 1. The van der Waals surface area contributed by atoms with Gasteiger partial charge >= 0.3 is 0 Å². The first kappa shape index (κ1) is 12.1. The number of nitrogens with one attached hydrogen (secondary N) is 1. The van der Waals surface area contributed by atoms with Gasteiger partial charge in [-0.05, 0) is 20.8 Å². The first-order chi connectivity index (χ1) is 8.10. The lowest BCUT2D eigenvalue weighted by Crippen LogP contribution is -2.55. The second-order valence-corrected chi connectivity index (χ2v) is 4.77. The van der Waals surface area contributed by atoms with Crippen LogP contribution in [0.4, 0.5) is 0 Å². The lowest BCUT2D eigenvalue weighted by molar-refractivity contribution is 0.0668. The molecule has 0 aliphatic carbocycles. The number of rotatable bonds is 2. The van der Waals surface area contributed by atoms with Gasteiger partial charge in [-0.3, -0.25) is 4.79 Å². The van der Waals surface area contributed by atoms with Crippen LogP contribution in [0.1, 0.15) is 31.3 Å². The highest BCUT2D eigenvalue weighted by Crippen LogP contribution is 2.09. The van der Waals surface area contributed by atoms with Crippen molar-refractivity contribution >= 4 is 5.91 Å². The van der Waals surface area contributed by atoms with Crippen LogP contribution in [0.3, 0.4) is 0 Å². The van der Waals surface area contributed by atoms with Crippen LogP contribution in [0.15, 0.2) is 12.5 Å². The zero-order chi connectivity index (χ0) is 12.4. The fourth-order valence-electron chi connectivity index (χ4n) is 2.30. The van der Waals surface area contributed by atoms with Crippen LogP contribution < -0.4 is 5.32 Å². The summed E-state index contributed by atoms with van der Waals surface area (Å²) < 4.78 is 1.92. The molecule has 1 aliphatic heterocycles. The highest BCUT2D eigenvalue weighted by Gasteiger charge is 2.26. The van der Waals surface area contributed by atoms with Gasteiger partial charge in [0.15, 0.2) is 0 Å². The number of piperazine rings is 1. The largest absolute Gasteiger partial charge is 0.337 e. The van der Waals surface area contributed by atoms with Gasteiger partial charge in [-0.1, -0.05) is 0 Å². The van der Waals surface area contributed by atoms with Crippen molar-refractivity contribution < 1.29 is 4.79 Å². The van der Waals surface area contributed by atoms with Crippen molar-refractivity contribution in [3.05, 3.63) is 18.2 Å². The van der Waals surface area contributed by atoms with E-state index in [0.29, 0.717) is 17.8 Å². The van der Waals surface area contributed by atoms with E-state index in [4.69, 9.17) is 0 Å². The number of hydrogen-bond donors (Lipinski definition) is 1. The molecule has 2 heterocycles. The molecule has 1 aromatic rings. The third kappa shape index (κ3) is 2.66. The molecule has 1 N–H and O–H groups in total. The molecule has 0 saturated carbocycles. The average molecular weight is 236 g/mol. The molecule has 5 heteroatoms. The van der Waals surface area contributed by atoms with E-state index in [1.165, 1.54) is 0 Å². The van der Waals surface area contributed by atoms with Crippen molar-refractivity contribution in [3.63, 3.8) is 0 Å². The van der Waals surface area contributed by atoms with E-state index in [1.807, 2.05) is 22.6 Å². The molecule has 1 amide bonds. The molecule has 0 bridgehead atoms. The molecule has 1 saturated heterocycles.